The molecule has 0 saturated carbocycles. The van der Waals surface area contributed by atoms with E-state index in [9.17, 15) is 0 Å². The smallest absolute Gasteiger partial charge is 0.231 e. The van der Waals surface area contributed by atoms with E-state index >= 15 is 0 Å². The first-order chi connectivity index (χ1) is 12.0. The predicted molar refractivity (Wildman–Crippen MR) is 98.6 cm³/mol. The predicted octanol–water partition coefficient (Wildman–Crippen LogP) is 6.00. The SMILES string of the molecule is ClC(Cl)=CCOc1cc(Cl)c(OCc2ccc3c(c2)OCO3)c(Cl)c1. The van der Waals surface area contributed by atoms with Gasteiger partial charge in [0.1, 0.15) is 23.5 Å². The minimum Gasteiger partial charge on any atom is -0.489 e. The third-order valence-electron chi connectivity index (χ3n) is 3.28. The van der Waals surface area contributed by atoms with Crippen molar-refractivity contribution in [3.05, 3.63) is 56.5 Å². The van der Waals surface area contributed by atoms with Gasteiger partial charge in [0, 0.05) is 12.1 Å². The second kappa shape index (κ2) is 8.28. The molecular weight excluding hydrogens is 410 g/mol. The van der Waals surface area contributed by atoms with Gasteiger partial charge in [0.15, 0.2) is 17.2 Å². The van der Waals surface area contributed by atoms with Crippen LogP contribution in [-0.4, -0.2) is 13.4 Å². The third kappa shape index (κ3) is 4.79. The average molecular weight is 422 g/mol. The lowest BCUT2D eigenvalue weighted by Gasteiger charge is -2.12. The van der Waals surface area contributed by atoms with Crippen molar-refractivity contribution in [1.82, 2.24) is 0 Å². The molecule has 1 aliphatic heterocycles. The zero-order chi connectivity index (χ0) is 17.8. The van der Waals surface area contributed by atoms with Crippen LogP contribution in [0.1, 0.15) is 5.56 Å². The molecule has 1 heterocycles. The molecule has 0 aliphatic carbocycles. The zero-order valence-corrected chi connectivity index (χ0v) is 15.8. The highest BCUT2D eigenvalue weighted by Crippen LogP contribution is 2.38. The molecule has 25 heavy (non-hydrogen) atoms. The standard InChI is InChI=1S/C17H12Cl4O4/c18-12-6-11(22-4-3-16(20)21)7-13(19)17(12)23-8-10-1-2-14-15(5-10)25-9-24-14/h1-3,5-7H,4,8-9H2. The molecule has 0 saturated heterocycles. The van der Waals surface area contributed by atoms with Crippen LogP contribution in [0, 0.1) is 0 Å². The number of hydrogen-bond acceptors (Lipinski definition) is 4. The molecule has 0 N–H and O–H groups in total. The average Bonchev–Trinajstić information content (AvgIpc) is 3.01. The van der Waals surface area contributed by atoms with E-state index in [4.69, 9.17) is 65.4 Å². The van der Waals surface area contributed by atoms with Gasteiger partial charge in [-0.15, -0.1) is 0 Å². The molecule has 0 radical (unpaired) electrons. The molecule has 132 valence electrons. The topological polar surface area (TPSA) is 36.9 Å². The molecule has 3 rings (SSSR count). The highest BCUT2D eigenvalue weighted by atomic mass is 35.5. The van der Waals surface area contributed by atoms with E-state index in [0.29, 0.717) is 33.0 Å². The fourth-order valence-electron chi connectivity index (χ4n) is 2.14. The summed E-state index contributed by atoms with van der Waals surface area (Å²) in [6, 6.07) is 8.78. The van der Waals surface area contributed by atoms with Crippen molar-refractivity contribution < 1.29 is 18.9 Å². The van der Waals surface area contributed by atoms with Gasteiger partial charge >= 0.3 is 0 Å². The number of hydrogen-bond donors (Lipinski definition) is 0. The Kier molecular flexibility index (Phi) is 6.07. The van der Waals surface area contributed by atoms with Crippen LogP contribution >= 0.6 is 46.4 Å². The van der Waals surface area contributed by atoms with Gasteiger partial charge in [-0.1, -0.05) is 52.5 Å². The highest BCUT2D eigenvalue weighted by Gasteiger charge is 2.15. The van der Waals surface area contributed by atoms with Crippen LogP contribution in [-0.2, 0) is 6.61 Å². The van der Waals surface area contributed by atoms with E-state index < -0.39 is 0 Å². The summed E-state index contributed by atoms with van der Waals surface area (Å²) in [5.41, 5.74) is 0.901. The summed E-state index contributed by atoms with van der Waals surface area (Å²) in [6.07, 6.45) is 1.51. The van der Waals surface area contributed by atoms with Gasteiger partial charge in [0.2, 0.25) is 6.79 Å². The summed E-state index contributed by atoms with van der Waals surface area (Å²) >= 11 is 23.5. The Labute approximate surface area is 164 Å². The third-order valence-corrected chi connectivity index (χ3v) is 4.15. The normalized spacial score (nSPS) is 12.0. The molecule has 0 atom stereocenters. The van der Waals surface area contributed by atoms with Crippen molar-refractivity contribution in [3.8, 4) is 23.0 Å². The van der Waals surface area contributed by atoms with Crippen LogP contribution < -0.4 is 18.9 Å². The Bertz CT molecular complexity index is 780. The number of fused-ring (bicyclic) bond motifs is 1. The summed E-state index contributed by atoms with van der Waals surface area (Å²) in [7, 11) is 0. The van der Waals surface area contributed by atoms with Gasteiger partial charge in [-0.2, -0.15) is 0 Å². The van der Waals surface area contributed by atoms with Crippen molar-refractivity contribution >= 4 is 46.4 Å². The molecule has 0 fully saturated rings. The van der Waals surface area contributed by atoms with Crippen LogP contribution in [0.4, 0.5) is 0 Å². The largest absolute Gasteiger partial charge is 0.489 e. The maximum Gasteiger partial charge on any atom is 0.231 e. The second-order valence-corrected chi connectivity index (χ2v) is 6.82. The lowest BCUT2D eigenvalue weighted by atomic mass is 10.2. The first-order valence-corrected chi connectivity index (χ1v) is 8.68. The van der Waals surface area contributed by atoms with Crippen LogP contribution in [0.2, 0.25) is 10.0 Å². The van der Waals surface area contributed by atoms with Crippen molar-refractivity contribution in [1.29, 1.82) is 0 Å². The number of ether oxygens (including phenoxy) is 4. The fourth-order valence-corrected chi connectivity index (χ4v) is 2.85. The lowest BCUT2D eigenvalue weighted by molar-refractivity contribution is 0.174. The van der Waals surface area contributed by atoms with Gasteiger partial charge < -0.3 is 18.9 Å². The Hall–Kier alpha value is -1.46. The number of rotatable bonds is 6. The summed E-state index contributed by atoms with van der Waals surface area (Å²) in [5, 5.41) is 0.674. The Morgan fingerprint density at radius 2 is 1.72 bits per heavy atom. The molecule has 0 aromatic heterocycles. The molecule has 2 aromatic rings. The van der Waals surface area contributed by atoms with Gasteiger partial charge in [0.05, 0.1) is 10.0 Å². The molecule has 8 heteroatoms. The van der Waals surface area contributed by atoms with Gasteiger partial charge in [-0.25, -0.2) is 0 Å². The zero-order valence-electron chi connectivity index (χ0n) is 12.7. The summed E-state index contributed by atoms with van der Waals surface area (Å²) < 4.78 is 21.9. The lowest BCUT2D eigenvalue weighted by Crippen LogP contribution is -1.98. The minimum absolute atomic E-state index is 0.126. The van der Waals surface area contributed by atoms with Gasteiger partial charge in [0.25, 0.3) is 0 Å². The fraction of sp³-hybridized carbons (Fsp3) is 0.176. The molecular formula is C17H12Cl4O4. The van der Waals surface area contributed by atoms with Gasteiger partial charge in [-0.3, -0.25) is 0 Å². The summed E-state index contributed by atoms with van der Waals surface area (Å²) in [4.78, 5) is 0. The molecule has 4 nitrogen and oxygen atoms in total. The van der Waals surface area contributed by atoms with E-state index in [1.807, 2.05) is 18.2 Å². The Morgan fingerprint density at radius 1 is 1.00 bits per heavy atom. The molecule has 0 bridgehead atoms. The van der Waals surface area contributed by atoms with E-state index in [-0.39, 0.29) is 24.5 Å². The van der Waals surface area contributed by atoms with E-state index in [1.54, 1.807) is 12.1 Å². The first-order valence-electron chi connectivity index (χ1n) is 7.17. The maximum absolute atomic E-state index is 6.23. The van der Waals surface area contributed by atoms with Crippen LogP contribution in [0.25, 0.3) is 0 Å². The van der Waals surface area contributed by atoms with Crippen molar-refractivity contribution in [2.45, 2.75) is 6.61 Å². The second-order valence-electron chi connectivity index (χ2n) is 5.00. The Balaban J connectivity index is 1.67. The number of halogens is 4. The molecule has 2 aromatic carbocycles. The van der Waals surface area contributed by atoms with Crippen molar-refractivity contribution in [2.24, 2.45) is 0 Å². The van der Waals surface area contributed by atoms with E-state index in [1.165, 1.54) is 6.08 Å². The molecule has 0 unspecified atom stereocenters. The maximum atomic E-state index is 6.23. The van der Waals surface area contributed by atoms with Crippen molar-refractivity contribution in [3.63, 3.8) is 0 Å². The minimum atomic E-state index is 0.126. The van der Waals surface area contributed by atoms with Gasteiger partial charge in [-0.05, 0) is 23.8 Å². The molecule has 0 amide bonds. The number of benzene rings is 2. The summed E-state index contributed by atoms with van der Waals surface area (Å²) in [5.74, 6) is 2.26. The molecule has 0 spiro atoms. The van der Waals surface area contributed by atoms with Crippen LogP contribution in [0.3, 0.4) is 0 Å². The highest BCUT2D eigenvalue weighted by molar-refractivity contribution is 6.55. The van der Waals surface area contributed by atoms with Crippen molar-refractivity contribution in [2.75, 3.05) is 13.4 Å². The van der Waals surface area contributed by atoms with Crippen LogP contribution in [0.15, 0.2) is 40.9 Å². The van der Waals surface area contributed by atoms with E-state index in [0.717, 1.165) is 5.56 Å². The summed E-state index contributed by atoms with van der Waals surface area (Å²) in [6.45, 7) is 0.705. The quantitative estimate of drug-likeness (QED) is 0.573. The first kappa shape index (κ1) is 18.3. The van der Waals surface area contributed by atoms with Crippen LogP contribution in [0.5, 0.6) is 23.0 Å². The monoisotopic (exact) mass is 420 g/mol. The molecule has 1 aliphatic rings. The van der Waals surface area contributed by atoms with E-state index in [2.05, 4.69) is 0 Å². The Morgan fingerprint density at radius 3 is 2.44 bits per heavy atom.